The third-order valence-electron chi connectivity index (χ3n) is 4.55. The molecule has 1 aromatic carbocycles. The molecule has 0 radical (unpaired) electrons. The molecule has 2 heterocycles. The smallest absolute Gasteiger partial charge is 0.258 e. The molecule has 0 aliphatic carbocycles. The monoisotopic (exact) mass is 353 g/mol. The Kier molecular flexibility index (Phi) is 6.29. The molecule has 1 unspecified atom stereocenters. The number of carbonyl (C=O) groups is 1. The van der Waals surface area contributed by atoms with Crippen LogP contribution in [0.15, 0.2) is 47.1 Å². The zero-order valence-corrected chi connectivity index (χ0v) is 14.7. The van der Waals surface area contributed by atoms with Crippen molar-refractivity contribution in [3.8, 4) is 11.8 Å². The first kappa shape index (κ1) is 18.0. The zero-order valence-electron chi connectivity index (χ0n) is 14.7. The summed E-state index contributed by atoms with van der Waals surface area (Å²) in [6.07, 6.45) is 5.27. The SMILES string of the molecule is N#Cc1ccc(OCC(=O)NCC(c2ccco2)N2CCCCC2)cc1. The van der Waals surface area contributed by atoms with Crippen molar-refractivity contribution in [2.75, 3.05) is 26.2 Å². The quantitative estimate of drug-likeness (QED) is 0.828. The fourth-order valence-corrected chi connectivity index (χ4v) is 3.16. The number of nitriles is 1. The first-order valence-corrected chi connectivity index (χ1v) is 8.93. The van der Waals surface area contributed by atoms with E-state index in [0.717, 1.165) is 18.8 Å². The molecule has 6 heteroatoms. The number of likely N-dealkylation sites (tertiary alicyclic amines) is 1. The average Bonchev–Trinajstić information content (AvgIpc) is 3.22. The normalized spacial score (nSPS) is 15.8. The molecule has 1 aromatic heterocycles. The van der Waals surface area contributed by atoms with Gasteiger partial charge in [0.15, 0.2) is 6.61 Å². The Labute approximate surface area is 153 Å². The molecule has 1 N–H and O–H groups in total. The first-order valence-electron chi connectivity index (χ1n) is 8.93. The lowest BCUT2D eigenvalue weighted by Gasteiger charge is -2.33. The molecule has 1 fully saturated rings. The van der Waals surface area contributed by atoms with Crippen molar-refractivity contribution in [1.82, 2.24) is 10.2 Å². The Morgan fingerprint density at radius 3 is 2.65 bits per heavy atom. The largest absolute Gasteiger partial charge is 0.484 e. The summed E-state index contributed by atoms with van der Waals surface area (Å²) in [4.78, 5) is 14.5. The van der Waals surface area contributed by atoms with E-state index in [4.69, 9.17) is 14.4 Å². The third-order valence-corrected chi connectivity index (χ3v) is 4.55. The van der Waals surface area contributed by atoms with Gasteiger partial charge in [0.25, 0.3) is 5.91 Å². The number of ether oxygens (including phenoxy) is 1. The van der Waals surface area contributed by atoms with Crippen molar-refractivity contribution in [3.05, 3.63) is 54.0 Å². The van der Waals surface area contributed by atoms with Crippen molar-refractivity contribution >= 4 is 5.91 Å². The lowest BCUT2D eigenvalue weighted by atomic mass is 10.1. The summed E-state index contributed by atoms with van der Waals surface area (Å²) in [6, 6.07) is 12.6. The molecule has 1 aliphatic heterocycles. The van der Waals surface area contributed by atoms with Crippen LogP contribution < -0.4 is 10.1 Å². The van der Waals surface area contributed by atoms with Crippen LogP contribution in [0.3, 0.4) is 0 Å². The van der Waals surface area contributed by atoms with Gasteiger partial charge in [-0.2, -0.15) is 5.26 Å². The molecule has 1 amide bonds. The minimum Gasteiger partial charge on any atom is -0.484 e. The van der Waals surface area contributed by atoms with Gasteiger partial charge in [0, 0.05) is 6.54 Å². The molecule has 2 aromatic rings. The van der Waals surface area contributed by atoms with Crippen LogP contribution in [-0.4, -0.2) is 37.0 Å². The van der Waals surface area contributed by atoms with Gasteiger partial charge in [-0.1, -0.05) is 6.42 Å². The number of piperidine rings is 1. The van der Waals surface area contributed by atoms with Crippen LogP contribution in [-0.2, 0) is 4.79 Å². The van der Waals surface area contributed by atoms with E-state index in [1.807, 2.05) is 18.2 Å². The molecule has 6 nitrogen and oxygen atoms in total. The summed E-state index contributed by atoms with van der Waals surface area (Å²) >= 11 is 0. The maximum Gasteiger partial charge on any atom is 0.258 e. The van der Waals surface area contributed by atoms with Gasteiger partial charge in [0.1, 0.15) is 11.5 Å². The molecule has 136 valence electrons. The lowest BCUT2D eigenvalue weighted by Crippen LogP contribution is -2.41. The molecular formula is C20H23N3O3. The third kappa shape index (κ3) is 4.87. The number of nitrogens with one attached hydrogen (secondary N) is 1. The van der Waals surface area contributed by atoms with Crippen molar-refractivity contribution in [2.45, 2.75) is 25.3 Å². The number of rotatable bonds is 7. The Hall–Kier alpha value is -2.78. The summed E-state index contributed by atoms with van der Waals surface area (Å²) in [5.74, 6) is 1.26. The van der Waals surface area contributed by atoms with Crippen molar-refractivity contribution in [3.63, 3.8) is 0 Å². The minimum atomic E-state index is -0.178. The van der Waals surface area contributed by atoms with Crippen LogP contribution in [0.1, 0.15) is 36.6 Å². The predicted octanol–water partition coefficient (Wildman–Crippen LogP) is 2.87. The standard InChI is InChI=1S/C20H23N3O3/c21-13-16-6-8-17(9-7-16)26-15-20(24)22-14-18(19-5-4-12-25-19)23-10-2-1-3-11-23/h4-9,12,18H,1-3,10-11,14-15H2,(H,22,24). The van der Waals surface area contributed by atoms with Crippen LogP contribution in [0.5, 0.6) is 5.75 Å². The highest BCUT2D eigenvalue weighted by molar-refractivity contribution is 5.77. The van der Waals surface area contributed by atoms with Gasteiger partial charge in [-0.3, -0.25) is 9.69 Å². The average molecular weight is 353 g/mol. The number of furan rings is 1. The maximum absolute atomic E-state index is 12.2. The van der Waals surface area contributed by atoms with Gasteiger partial charge in [0.2, 0.25) is 0 Å². The molecule has 26 heavy (non-hydrogen) atoms. The van der Waals surface area contributed by atoms with E-state index in [2.05, 4.69) is 10.2 Å². The van der Waals surface area contributed by atoms with Crippen LogP contribution in [0.25, 0.3) is 0 Å². The van der Waals surface area contributed by atoms with Crippen LogP contribution in [0, 0.1) is 11.3 Å². The first-order chi connectivity index (χ1) is 12.8. The highest BCUT2D eigenvalue weighted by atomic mass is 16.5. The topological polar surface area (TPSA) is 78.5 Å². The van der Waals surface area contributed by atoms with Gasteiger partial charge < -0.3 is 14.5 Å². The maximum atomic E-state index is 12.2. The number of hydrogen-bond donors (Lipinski definition) is 1. The Morgan fingerprint density at radius 2 is 2.00 bits per heavy atom. The van der Waals surface area contributed by atoms with E-state index in [9.17, 15) is 4.79 Å². The summed E-state index contributed by atoms with van der Waals surface area (Å²) in [5.41, 5.74) is 0.560. The van der Waals surface area contributed by atoms with Crippen LogP contribution >= 0.6 is 0 Å². The molecule has 0 saturated carbocycles. The molecule has 0 spiro atoms. The van der Waals surface area contributed by atoms with Crippen LogP contribution in [0.4, 0.5) is 0 Å². The molecule has 1 aliphatic rings. The summed E-state index contributed by atoms with van der Waals surface area (Å²) in [7, 11) is 0. The van der Waals surface area contributed by atoms with Gasteiger partial charge in [0.05, 0.1) is 23.9 Å². The second-order valence-corrected chi connectivity index (χ2v) is 6.36. The van der Waals surface area contributed by atoms with E-state index in [1.165, 1.54) is 19.3 Å². The van der Waals surface area contributed by atoms with Gasteiger partial charge in [-0.15, -0.1) is 0 Å². The van der Waals surface area contributed by atoms with E-state index >= 15 is 0 Å². The van der Waals surface area contributed by atoms with Crippen molar-refractivity contribution in [2.24, 2.45) is 0 Å². The minimum absolute atomic E-state index is 0.0455. The predicted molar refractivity (Wildman–Crippen MR) is 96.5 cm³/mol. The zero-order chi connectivity index (χ0) is 18.2. The molecule has 1 atom stereocenters. The molecule has 0 bridgehead atoms. The summed E-state index contributed by atoms with van der Waals surface area (Å²) < 4.78 is 11.1. The van der Waals surface area contributed by atoms with Gasteiger partial charge >= 0.3 is 0 Å². The summed E-state index contributed by atoms with van der Waals surface area (Å²) in [5, 5.41) is 11.7. The van der Waals surface area contributed by atoms with E-state index in [0.29, 0.717) is 17.9 Å². The number of nitrogens with zero attached hydrogens (tertiary/aromatic N) is 2. The number of amides is 1. The highest BCUT2D eigenvalue weighted by Crippen LogP contribution is 2.24. The van der Waals surface area contributed by atoms with E-state index < -0.39 is 0 Å². The second-order valence-electron chi connectivity index (χ2n) is 6.36. The fraction of sp³-hybridized carbons (Fsp3) is 0.400. The van der Waals surface area contributed by atoms with Crippen molar-refractivity contribution in [1.29, 1.82) is 5.26 Å². The second kappa shape index (κ2) is 9.07. The fourth-order valence-electron chi connectivity index (χ4n) is 3.16. The molecule has 1 saturated heterocycles. The molecular weight excluding hydrogens is 330 g/mol. The number of benzene rings is 1. The lowest BCUT2D eigenvalue weighted by molar-refractivity contribution is -0.123. The Bertz CT molecular complexity index is 729. The molecule has 3 rings (SSSR count). The number of carbonyl (C=O) groups excluding carboxylic acids is 1. The number of hydrogen-bond acceptors (Lipinski definition) is 5. The van der Waals surface area contributed by atoms with Crippen LogP contribution in [0.2, 0.25) is 0 Å². The Morgan fingerprint density at radius 1 is 1.23 bits per heavy atom. The van der Waals surface area contributed by atoms with Crippen molar-refractivity contribution < 1.29 is 13.9 Å². The Balaban J connectivity index is 1.51. The van der Waals surface area contributed by atoms with E-state index in [1.54, 1.807) is 30.5 Å². The highest BCUT2D eigenvalue weighted by Gasteiger charge is 2.24. The van der Waals surface area contributed by atoms with E-state index in [-0.39, 0.29) is 18.6 Å². The summed E-state index contributed by atoms with van der Waals surface area (Å²) in [6.45, 7) is 2.46. The van der Waals surface area contributed by atoms with Gasteiger partial charge in [-0.25, -0.2) is 0 Å². The van der Waals surface area contributed by atoms with Gasteiger partial charge in [-0.05, 0) is 62.3 Å².